The van der Waals surface area contributed by atoms with E-state index in [1.165, 1.54) is 52.7 Å². The molecule has 4 rings (SSSR count). The third kappa shape index (κ3) is 7.43. The van der Waals surface area contributed by atoms with Crippen molar-refractivity contribution < 1.29 is 47.6 Å². The molecule has 4 aromatic rings. The quantitative estimate of drug-likeness (QED) is 0.121. The number of benzene rings is 4. The van der Waals surface area contributed by atoms with Gasteiger partial charge in [0.2, 0.25) is 0 Å². The van der Waals surface area contributed by atoms with E-state index in [1.807, 2.05) is 27.7 Å². The van der Waals surface area contributed by atoms with E-state index in [0.29, 0.717) is 23.0 Å². The van der Waals surface area contributed by atoms with Crippen LogP contribution in [0.25, 0.3) is 0 Å². The number of hydrogen-bond acceptors (Lipinski definition) is 10. The molecule has 0 fully saturated rings. The number of carbonyl (C=O) groups is 4. The van der Waals surface area contributed by atoms with Crippen LogP contribution in [0.2, 0.25) is 0 Å². The number of aryl methyl sites for hydroxylation is 4. The smallest absolute Gasteiger partial charge is 0.338 e. The van der Waals surface area contributed by atoms with Crippen LogP contribution in [0.3, 0.4) is 0 Å². The Morgan fingerprint density at radius 1 is 0.449 bits per heavy atom. The van der Waals surface area contributed by atoms with Gasteiger partial charge in [-0.3, -0.25) is 0 Å². The van der Waals surface area contributed by atoms with Crippen LogP contribution in [0, 0.1) is 27.7 Å². The molecule has 49 heavy (non-hydrogen) atoms. The zero-order valence-electron chi connectivity index (χ0n) is 29.4. The van der Waals surface area contributed by atoms with E-state index >= 15 is 0 Å². The highest BCUT2D eigenvalue weighted by molar-refractivity contribution is 6.04. The predicted molar refractivity (Wildman–Crippen MR) is 182 cm³/mol. The van der Waals surface area contributed by atoms with Gasteiger partial charge in [0, 0.05) is 5.41 Å². The first kappa shape index (κ1) is 36.2. The van der Waals surface area contributed by atoms with Gasteiger partial charge in [0.1, 0.15) is 23.0 Å². The minimum Gasteiger partial charge on any atom is -0.465 e. The molecule has 0 aliphatic heterocycles. The van der Waals surface area contributed by atoms with Gasteiger partial charge in [-0.25, -0.2) is 19.2 Å². The van der Waals surface area contributed by atoms with Gasteiger partial charge in [-0.2, -0.15) is 0 Å². The lowest BCUT2D eigenvalue weighted by atomic mass is 9.76. The first-order valence-electron chi connectivity index (χ1n) is 15.4. The molecule has 10 nitrogen and oxygen atoms in total. The van der Waals surface area contributed by atoms with E-state index in [-0.39, 0.29) is 22.3 Å². The standard InChI is InChI=1S/C39H40O10/c1-21-15-25(16-22(2)33(21)48-27-11-13-29(35(40)44-7)31(19-27)37(42)46-9)39(5,6)26-17-23(3)34(24(4)18-26)49-28-12-14-30(36(41)45-8)32(20-28)38(43)47-10/h11-20H,1-10H3. The Balaban J connectivity index is 1.65. The van der Waals surface area contributed by atoms with E-state index in [9.17, 15) is 19.2 Å². The third-order valence-electron chi connectivity index (χ3n) is 8.41. The third-order valence-corrected chi connectivity index (χ3v) is 8.41. The van der Waals surface area contributed by atoms with Crippen molar-refractivity contribution in [3.05, 3.63) is 116 Å². The second-order valence-electron chi connectivity index (χ2n) is 12.1. The van der Waals surface area contributed by atoms with Crippen LogP contribution in [-0.4, -0.2) is 52.3 Å². The van der Waals surface area contributed by atoms with Crippen molar-refractivity contribution >= 4 is 23.9 Å². The van der Waals surface area contributed by atoms with Gasteiger partial charge in [0.05, 0.1) is 50.7 Å². The highest BCUT2D eigenvalue weighted by atomic mass is 16.5. The largest absolute Gasteiger partial charge is 0.465 e. The minimum absolute atomic E-state index is 0.0418. The van der Waals surface area contributed by atoms with Gasteiger partial charge in [-0.05, 0) is 97.5 Å². The van der Waals surface area contributed by atoms with E-state index in [2.05, 4.69) is 38.1 Å². The Morgan fingerprint density at radius 3 is 1.02 bits per heavy atom. The first-order chi connectivity index (χ1) is 23.2. The molecule has 256 valence electrons. The van der Waals surface area contributed by atoms with Crippen LogP contribution >= 0.6 is 0 Å². The van der Waals surface area contributed by atoms with Gasteiger partial charge < -0.3 is 28.4 Å². The molecule has 0 heterocycles. The maximum Gasteiger partial charge on any atom is 0.338 e. The molecule has 0 aromatic heterocycles. The summed E-state index contributed by atoms with van der Waals surface area (Å²) in [5.74, 6) is -0.681. The summed E-state index contributed by atoms with van der Waals surface area (Å²) >= 11 is 0. The molecule has 0 saturated carbocycles. The van der Waals surface area contributed by atoms with Crippen LogP contribution in [0.4, 0.5) is 0 Å². The van der Waals surface area contributed by atoms with Crippen LogP contribution in [0.1, 0.15) is 88.7 Å². The van der Waals surface area contributed by atoms with Gasteiger partial charge in [0.15, 0.2) is 0 Å². The summed E-state index contributed by atoms with van der Waals surface area (Å²) in [5, 5.41) is 0. The van der Waals surface area contributed by atoms with Crippen molar-refractivity contribution in [2.75, 3.05) is 28.4 Å². The number of ether oxygens (including phenoxy) is 6. The summed E-state index contributed by atoms with van der Waals surface area (Å²) in [6.07, 6.45) is 0. The van der Waals surface area contributed by atoms with Crippen molar-refractivity contribution in [1.29, 1.82) is 0 Å². The summed E-state index contributed by atoms with van der Waals surface area (Å²) in [5.41, 5.74) is 5.45. The second-order valence-corrected chi connectivity index (χ2v) is 12.1. The Hall–Kier alpha value is -5.64. The second kappa shape index (κ2) is 14.6. The van der Waals surface area contributed by atoms with E-state index in [1.54, 1.807) is 12.1 Å². The zero-order valence-corrected chi connectivity index (χ0v) is 29.4. The average Bonchev–Trinajstić information content (AvgIpc) is 3.09. The van der Waals surface area contributed by atoms with E-state index in [0.717, 1.165) is 33.4 Å². The first-order valence-corrected chi connectivity index (χ1v) is 15.4. The number of rotatable bonds is 10. The zero-order chi connectivity index (χ0) is 36.2. The number of esters is 4. The Labute approximate surface area is 285 Å². The maximum atomic E-state index is 12.4. The molecular weight excluding hydrogens is 628 g/mol. The topological polar surface area (TPSA) is 124 Å². The summed E-state index contributed by atoms with van der Waals surface area (Å²) in [7, 11) is 4.96. The predicted octanol–water partition coefficient (Wildman–Crippen LogP) is 7.98. The highest BCUT2D eigenvalue weighted by Gasteiger charge is 2.27. The van der Waals surface area contributed by atoms with E-state index in [4.69, 9.17) is 28.4 Å². The number of hydrogen-bond donors (Lipinski definition) is 0. The number of methoxy groups -OCH3 is 4. The molecule has 0 saturated heterocycles. The van der Waals surface area contributed by atoms with Crippen LogP contribution in [0.15, 0.2) is 60.7 Å². The van der Waals surface area contributed by atoms with Crippen LogP contribution in [-0.2, 0) is 24.4 Å². The summed E-state index contributed by atoms with van der Waals surface area (Å²) in [4.78, 5) is 49.2. The fourth-order valence-electron chi connectivity index (χ4n) is 5.65. The SMILES string of the molecule is COC(=O)c1ccc(Oc2c(C)cc(C(C)(C)c3cc(C)c(Oc4ccc(C(=O)OC)c(C(=O)OC)c4)c(C)c3)cc2C)cc1C(=O)OC. The van der Waals surface area contributed by atoms with Gasteiger partial charge >= 0.3 is 23.9 Å². The molecule has 0 aliphatic rings. The summed E-state index contributed by atoms with van der Waals surface area (Å²) in [6, 6.07) is 17.4. The molecule has 0 radical (unpaired) electrons. The molecule has 0 aliphatic carbocycles. The molecule has 0 N–H and O–H groups in total. The summed E-state index contributed by atoms with van der Waals surface area (Å²) < 4.78 is 31.8. The Bertz CT molecular complexity index is 1770. The lowest BCUT2D eigenvalue weighted by Gasteiger charge is -2.29. The summed E-state index contributed by atoms with van der Waals surface area (Å²) in [6.45, 7) is 12.1. The average molecular weight is 669 g/mol. The molecule has 0 bridgehead atoms. The van der Waals surface area contributed by atoms with Crippen molar-refractivity contribution in [3.63, 3.8) is 0 Å². The fraction of sp³-hybridized carbons (Fsp3) is 0.282. The monoisotopic (exact) mass is 668 g/mol. The van der Waals surface area contributed by atoms with E-state index < -0.39 is 29.3 Å². The molecule has 0 atom stereocenters. The lowest BCUT2D eigenvalue weighted by Crippen LogP contribution is -2.20. The molecule has 10 heteroatoms. The molecular formula is C39H40O10. The highest BCUT2D eigenvalue weighted by Crippen LogP contribution is 2.40. The van der Waals surface area contributed by atoms with Crippen molar-refractivity contribution in [3.8, 4) is 23.0 Å². The van der Waals surface area contributed by atoms with Gasteiger partial charge in [-0.1, -0.05) is 38.1 Å². The van der Waals surface area contributed by atoms with Crippen molar-refractivity contribution in [1.82, 2.24) is 0 Å². The van der Waals surface area contributed by atoms with Gasteiger partial charge in [-0.15, -0.1) is 0 Å². The Kier molecular flexibility index (Phi) is 10.8. The molecule has 4 aromatic carbocycles. The lowest BCUT2D eigenvalue weighted by molar-refractivity contribution is 0.0555. The minimum atomic E-state index is -0.680. The van der Waals surface area contributed by atoms with Crippen molar-refractivity contribution in [2.24, 2.45) is 0 Å². The fourth-order valence-corrected chi connectivity index (χ4v) is 5.65. The molecule has 0 unspecified atom stereocenters. The number of carbonyl (C=O) groups excluding carboxylic acids is 4. The normalized spacial score (nSPS) is 11.0. The van der Waals surface area contributed by atoms with Crippen molar-refractivity contribution in [2.45, 2.75) is 47.0 Å². The van der Waals surface area contributed by atoms with Gasteiger partial charge in [0.25, 0.3) is 0 Å². The molecule has 0 amide bonds. The van der Waals surface area contributed by atoms with Crippen LogP contribution < -0.4 is 9.47 Å². The Morgan fingerprint density at radius 2 is 0.735 bits per heavy atom. The maximum absolute atomic E-state index is 12.4. The van der Waals surface area contributed by atoms with Crippen LogP contribution in [0.5, 0.6) is 23.0 Å². The molecule has 0 spiro atoms.